The second kappa shape index (κ2) is 6.31. The van der Waals surface area contributed by atoms with Gasteiger partial charge in [-0.2, -0.15) is 5.26 Å². The van der Waals surface area contributed by atoms with Gasteiger partial charge in [-0.1, -0.05) is 12.6 Å². The number of anilines is 2. The van der Waals surface area contributed by atoms with Crippen molar-refractivity contribution < 1.29 is 4.39 Å². The highest BCUT2D eigenvalue weighted by Gasteiger charge is 2.16. The Morgan fingerprint density at radius 1 is 1.32 bits per heavy atom. The third-order valence-corrected chi connectivity index (χ3v) is 3.58. The Morgan fingerprint density at radius 3 is 2.68 bits per heavy atom. The second-order valence-electron chi connectivity index (χ2n) is 5.04. The molecule has 2 rings (SSSR count). The van der Waals surface area contributed by atoms with Gasteiger partial charge >= 0.3 is 0 Å². The van der Waals surface area contributed by atoms with Crippen LogP contribution in [-0.2, 0) is 0 Å². The van der Waals surface area contributed by atoms with E-state index in [4.69, 9.17) is 5.73 Å². The van der Waals surface area contributed by atoms with E-state index < -0.39 is 5.82 Å². The first-order chi connectivity index (χ1) is 10.5. The lowest BCUT2D eigenvalue weighted by Gasteiger charge is -2.27. The van der Waals surface area contributed by atoms with Crippen molar-refractivity contribution in [3.8, 4) is 6.07 Å². The molecule has 0 saturated heterocycles. The van der Waals surface area contributed by atoms with E-state index in [1.54, 1.807) is 6.07 Å². The number of halogens is 1. The predicted octanol–water partition coefficient (Wildman–Crippen LogP) is 4.09. The molecule has 0 bridgehead atoms. The molecule has 4 heteroatoms. The van der Waals surface area contributed by atoms with Crippen molar-refractivity contribution in [2.24, 2.45) is 0 Å². The fraction of sp³-hybridized carbons (Fsp3) is 0.167. The highest BCUT2D eigenvalue weighted by molar-refractivity contribution is 5.82. The summed E-state index contributed by atoms with van der Waals surface area (Å²) in [6.07, 6.45) is 0. The summed E-state index contributed by atoms with van der Waals surface area (Å²) in [7, 11) is 0. The molecule has 3 nitrogen and oxygen atoms in total. The molecule has 0 amide bonds. The molecule has 2 aromatic rings. The maximum Gasteiger partial charge on any atom is 0.124 e. The minimum Gasteiger partial charge on any atom is -0.399 e. The van der Waals surface area contributed by atoms with E-state index in [-0.39, 0.29) is 5.56 Å². The third kappa shape index (κ3) is 2.94. The topological polar surface area (TPSA) is 53.0 Å². The Hall–Kier alpha value is -2.80. The maximum atomic E-state index is 13.3. The number of nitrogens with two attached hydrogens (primary N) is 1. The highest BCUT2D eigenvalue weighted by Crippen LogP contribution is 2.30. The van der Waals surface area contributed by atoms with Crippen LogP contribution in [0, 0.1) is 24.1 Å². The first kappa shape index (κ1) is 15.6. The standard InChI is InChI=1S/C18H18FN3/c1-4-22(18-8-6-15(19)9-14(18)11-20)13(3)17-10-16(21)7-5-12(17)2/h5-10H,3-4,21H2,1-2H3. The minimum atomic E-state index is -0.429. The van der Waals surface area contributed by atoms with Gasteiger partial charge in [-0.3, -0.25) is 0 Å². The zero-order valence-electron chi connectivity index (χ0n) is 12.7. The van der Waals surface area contributed by atoms with Gasteiger partial charge in [0.25, 0.3) is 0 Å². The lowest BCUT2D eigenvalue weighted by Crippen LogP contribution is -2.22. The molecule has 0 fully saturated rings. The molecule has 2 N–H and O–H groups in total. The fourth-order valence-electron chi connectivity index (χ4n) is 2.44. The van der Waals surface area contributed by atoms with Crippen molar-refractivity contribution in [1.82, 2.24) is 0 Å². The zero-order valence-corrected chi connectivity index (χ0v) is 12.7. The molecular weight excluding hydrogens is 277 g/mol. The summed E-state index contributed by atoms with van der Waals surface area (Å²) in [5, 5.41) is 9.25. The van der Waals surface area contributed by atoms with E-state index in [0.29, 0.717) is 17.9 Å². The lowest BCUT2D eigenvalue weighted by molar-refractivity contribution is 0.627. The summed E-state index contributed by atoms with van der Waals surface area (Å²) in [6, 6.07) is 11.8. The molecule has 0 unspecified atom stereocenters. The van der Waals surface area contributed by atoms with Crippen LogP contribution in [0.2, 0.25) is 0 Å². The van der Waals surface area contributed by atoms with Crippen molar-refractivity contribution >= 4 is 17.1 Å². The molecule has 0 radical (unpaired) electrons. The van der Waals surface area contributed by atoms with E-state index in [2.05, 4.69) is 6.58 Å². The quantitative estimate of drug-likeness (QED) is 0.864. The van der Waals surface area contributed by atoms with Gasteiger partial charge in [-0.05, 0) is 49.7 Å². The van der Waals surface area contributed by atoms with E-state index in [1.165, 1.54) is 12.1 Å². The molecule has 0 aromatic heterocycles. The fourth-order valence-corrected chi connectivity index (χ4v) is 2.44. The number of hydrogen-bond donors (Lipinski definition) is 1. The first-order valence-corrected chi connectivity index (χ1v) is 7.00. The third-order valence-electron chi connectivity index (χ3n) is 3.58. The summed E-state index contributed by atoms with van der Waals surface area (Å²) < 4.78 is 13.3. The molecule has 0 aliphatic rings. The number of benzene rings is 2. The Balaban J connectivity index is 2.51. The smallest absolute Gasteiger partial charge is 0.124 e. The summed E-state index contributed by atoms with van der Waals surface area (Å²) in [5.74, 6) is -0.429. The molecule has 0 saturated carbocycles. The van der Waals surface area contributed by atoms with E-state index >= 15 is 0 Å². The van der Waals surface area contributed by atoms with Crippen molar-refractivity contribution in [1.29, 1.82) is 5.26 Å². The van der Waals surface area contributed by atoms with Crippen LogP contribution in [0.3, 0.4) is 0 Å². The van der Waals surface area contributed by atoms with Gasteiger partial charge < -0.3 is 10.6 Å². The van der Waals surface area contributed by atoms with Crippen molar-refractivity contribution in [2.75, 3.05) is 17.2 Å². The molecule has 2 aromatic carbocycles. The van der Waals surface area contributed by atoms with Crippen LogP contribution in [0.15, 0.2) is 43.0 Å². The molecule has 0 aliphatic carbocycles. The Labute approximate surface area is 130 Å². The van der Waals surface area contributed by atoms with Gasteiger partial charge in [0.2, 0.25) is 0 Å². The molecule has 22 heavy (non-hydrogen) atoms. The van der Waals surface area contributed by atoms with Crippen molar-refractivity contribution in [2.45, 2.75) is 13.8 Å². The SMILES string of the molecule is C=C(c1cc(N)ccc1C)N(CC)c1ccc(F)cc1C#N. The van der Waals surface area contributed by atoms with Crippen LogP contribution >= 0.6 is 0 Å². The number of nitriles is 1. The monoisotopic (exact) mass is 295 g/mol. The van der Waals surface area contributed by atoms with E-state index in [0.717, 1.165) is 16.8 Å². The number of hydrogen-bond acceptors (Lipinski definition) is 3. The normalized spacial score (nSPS) is 10.1. The molecule has 0 atom stereocenters. The number of rotatable bonds is 4. The van der Waals surface area contributed by atoms with Crippen LogP contribution in [0.1, 0.15) is 23.6 Å². The zero-order chi connectivity index (χ0) is 16.3. The molecule has 112 valence electrons. The lowest BCUT2D eigenvalue weighted by atomic mass is 10.0. The number of nitrogens with zero attached hydrogens (tertiary/aromatic N) is 2. The van der Waals surface area contributed by atoms with Gasteiger partial charge in [-0.15, -0.1) is 0 Å². The van der Waals surface area contributed by atoms with E-state index in [9.17, 15) is 9.65 Å². The summed E-state index contributed by atoms with van der Waals surface area (Å²) in [5.41, 5.74) is 10.1. The maximum absolute atomic E-state index is 13.3. The average molecular weight is 295 g/mol. The summed E-state index contributed by atoms with van der Waals surface area (Å²) >= 11 is 0. The van der Waals surface area contributed by atoms with Gasteiger partial charge in [0.1, 0.15) is 11.9 Å². The Morgan fingerprint density at radius 2 is 2.05 bits per heavy atom. The summed E-state index contributed by atoms with van der Waals surface area (Å²) in [6.45, 7) is 8.68. The first-order valence-electron chi connectivity index (χ1n) is 7.00. The van der Waals surface area contributed by atoms with Crippen molar-refractivity contribution in [3.05, 3.63) is 65.5 Å². The molecule has 0 aliphatic heterocycles. The van der Waals surface area contributed by atoms with Gasteiger partial charge in [-0.25, -0.2) is 4.39 Å². The van der Waals surface area contributed by atoms with Crippen LogP contribution < -0.4 is 10.6 Å². The van der Waals surface area contributed by atoms with Gasteiger partial charge in [0, 0.05) is 23.5 Å². The molecule has 0 heterocycles. The van der Waals surface area contributed by atoms with Gasteiger partial charge in [0.05, 0.1) is 11.3 Å². The molecular formula is C18H18FN3. The average Bonchev–Trinajstić information content (AvgIpc) is 2.51. The second-order valence-corrected chi connectivity index (χ2v) is 5.04. The van der Waals surface area contributed by atoms with Crippen LogP contribution in [0.5, 0.6) is 0 Å². The van der Waals surface area contributed by atoms with Crippen LogP contribution in [0.4, 0.5) is 15.8 Å². The minimum absolute atomic E-state index is 0.282. The predicted molar refractivity (Wildman–Crippen MR) is 88.8 cm³/mol. The number of aryl methyl sites for hydroxylation is 1. The van der Waals surface area contributed by atoms with E-state index in [1.807, 2.05) is 43.0 Å². The Bertz CT molecular complexity index is 759. The highest BCUT2D eigenvalue weighted by atomic mass is 19.1. The molecule has 0 spiro atoms. The van der Waals surface area contributed by atoms with Crippen LogP contribution in [0.25, 0.3) is 5.70 Å². The van der Waals surface area contributed by atoms with Crippen LogP contribution in [-0.4, -0.2) is 6.54 Å². The number of nitrogen functional groups attached to an aromatic ring is 1. The largest absolute Gasteiger partial charge is 0.399 e. The Kier molecular flexibility index (Phi) is 4.47. The summed E-state index contributed by atoms with van der Waals surface area (Å²) in [4.78, 5) is 1.89. The van der Waals surface area contributed by atoms with Gasteiger partial charge in [0.15, 0.2) is 0 Å². The van der Waals surface area contributed by atoms with Crippen molar-refractivity contribution in [3.63, 3.8) is 0 Å².